The first kappa shape index (κ1) is 25.8. The first-order valence-corrected chi connectivity index (χ1v) is 12.9. The lowest BCUT2D eigenvalue weighted by molar-refractivity contribution is -0.121. The van der Waals surface area contributed by atoms with Crippen LogP contribution in [0.5, 0.6) is 0 Å². The quantitative estimate of drug-likeness (QED) is 0.542. The number of rotatable bonds is 8. The molecule has 1 aliphatic carbocycles. The lowest BCUT2D eigenvalue weighted by Gasteiger charge is -2.30. The lowest BCUT2D eigenvalue weighted by Crippen LogP contribution is -2.45. The van der Waals surface area contributed by atoms with Crippen molar-refractivity contribution in [3.63, 3.8) is 0 Å². The minimum absolute atomic E-state index is 0.0822. The first-order valence-electron chi connectivity index (χ1n) is 11.5. The molecule has 2 N–H and O–H groups in total. The molecule has 11 heteroatoms. The van der Waals surface area contributed by atoms with Gasteiger partial charge in [0.15, 0.2) is 5.82 Å². The first-order chi connectivity index (χ1) is 16.0. The van der Waals surface area contributed by atoms with Gasteiger partial charge in [-0.25, -0.2) is 12.7 Å². The minimum atomic E-state index is -3.61. The van der Waals surface area contributed by atoms with Crippen molar-refractivity contribution in [3.8, 4) is 0 Å². The van der Waals surface area contributed by atoms with E-state index in [-0.39, 0.29) is 29.6 Å². The molecular formula is C23H33N5O5S. The molecule has 0 atom stereocenters. The Labute approximate surface area is 200 Å². The number of aryl methyl sites for hydroxylation is 2. The molecule has 186 valence electrons. The molecule has 1 fully saturated rings. The highest BCUT2D eigenvalue weighted by atomic mass is 32.2. The number of nitrogens with one attached hydrogen (secondary N) is 2. The second-order valence-corrected chi connectivity index (χ2v) is 11.2. The van der Waals surface area contributed by atoms with Crippen LogP contribution in [0.15, 0.2) is 27.6 Å². The van der Waals surface area contributed by atoms with E-state index < -0.39 is 15.6 Å². The SMILES string of the molecule is CC(=O)NC1(c2noc(CCC(=O)Nc3cc(S(=O)(=O)N(C)C)ccc3C)n2)CCCCCC1. The van der Waals surface area contributed by atoms with E-state index in [9.17, 15) is 18.0 Å². The molecule has 2 amide bonds. The summed E-state index contributed by atoms with van der Waals surface area (Å²) in [6.07, 6.45) is 5.94. The molecule has 3 rings (SSSR count). The van der Waals surface area contributed by atoms with E-state index in [0.717, 1.165) is 48.4 Å². The van der Waals surface area contributed by atoms with Gasteiger partial charge in [0, 0.05) is 39.5 Å². The Balaban J connectivity index is 1.68. The molecule has 1 heterocycles. The van der Waals surface area contributed by atoms with Crippen LogP contribution in [0.4, 0.5) is 5.69 Å². The molecule has 1 aliphatic rings. The van der Waals surface area contributed by atoms with E-state index in [0.29, 0.717) is 17.4 Å². The topological polar surface area (TPSA) is 134 Å². The Morgan fingerprint density at radius 1 is 1.15 bits per heavy atom. The molecule has 0 spiro atoms. The summed E-state index contributed by atoms with van der Waals surface area (Å²) in [5.74, 6) is 0.340. The van der Waals surface area contributed by atoms with Gasteiger partial charge < -0.3 is 15.2 Å². The van der Waals surface area contributed by atoms with Gasteiger partial charge >= 0.3 is 0 Å². The molecule has 0 aliphatic heterocycles. The molecule has 0 bridgehead atoms. The fourth-order valence-electron chi connectivity index (χ4n) is 4.16. The van der Waals surface area contributed by atoms with Crippen LogP contribution in [0, 0.1) is 6.92 Å². The van der Waals surface area contributed by atoms with Gasteiger partial charge in [-0.2, -0.15) is 4.98 Å². The van der Waals surface area contributed by atoms with Gasteiger partial charge in [-0.3, -0.25) is 9.59 Å². The van der Waals surface area contributed by atoms with Crippen molar-refractivity contribution in [2.75, 3.05) is 19.4 Å². The monoisotopic (exact) mass is 491 g/mol. The van der Waals surface area contributed by atoms with E-state index >= 15 is 0 Å². The third-order valence-electron chi connectivity index (χ3n) is 6.10. The number of sulfonamides is 1. The average Bonchev–Trinajstić information content (AvgIpc) is 3.13. The van der Waals surface area contributed by atoms with Crippen molar-refractivity contribution in [3.05, 3.63) is 35.5 Å². The molecule has 2 aromatic rings. The second kappa shape index (κ2) is 10.6. The average molecular weight is 492 g/mol. The van der Waals surface area contributed by atoms with Crippen molar-refractivity contribution in [1.82, 2.24) is 19.8 Å². The number of hydrogen-bond donors (Lipinski definition) is 2. The summed E-state index contributed by atoms with van der Waals surface area (Å²) in [6.45, 7) is 3.28. The van der Waals surface area contributed by atoms with Gasteiger partial charge in [-0.1, -0.05) is 36.9 Å². The minimum Gasteiger partial charge on any atom is -0.343 e. The maximum Gasteiger partial charge on any atom is 0.242 e. The number of carbonyl (C=O) groups excluding carboxylic acids is 2. The Bertz CT molecular complexity index is 1130. The van der Waals surface area contributed by atoms with Crippen molar-refractivity contribution in [2.45, 2.75) is 75.6 Å². The number of nitrogens with zero attached hydrogens (tertiary/aromatic N) is 3. The standard InChI is InChI=1S/C23H33N5O5S/c1-16-9-10-18(34(31,32)28(3)4)15-19(16)24-20(30)11-12-21-25-22(27-33-21)23(26-17(2)29)13-7-5-6-8-14-23/h9-10,15H,5-8,11-14H2,1-4H3,(H,24,30)(H,26,29). The highest BCUT2D eigenvalue weighted by Crippen LogP contribution is 2.34. The summed E-state index contributed by atoms with van der Waals surface area (Å²) in [4.78, 5) is 29.0. The summed E-state index contributed by atoms with van der Waals surface area (Å²) in [6, 6.07) is 4.62. The fourth-order valence-corrected chi connectivity index (χ4v) is 5.09. The zero-order valence-corrected chi connectivity index (χ0v) is 21.0. The molecule has 1 saturated carbocycles. The van der Waals surface area contributed by atoms with E-state index in [1.807, 2.05) is 0 Å². The summed E-state index contributed by atoms with van der Waals surface area (Å²) < 4.78 is 31.3. The van der Waals surface area contributed by atoms with Crippen molar-refractivity contribution in [1.29, 1.82) is 0 Å². The van der Waals surface area contributed by atoms with Crippen LogP contribution in [-0.4, -0.2) is 48.8 Å². The van der Waals surface area contributed by atoms with Gasteiger partial charge in [-0.15, -0.1) is 0 Å². The predicted molar refractivity (Wildman–Crippen MR) is 126 cm³/mol. The normalized spacial score (nSPS) is 16.1. The van der Waals surface area contributed by atoms with Crippen LogP contribution >= 0.6 is 0 Å². The zero-order valence-electron chi connectivity index (χ0n) is 20.2. The number of aromatic nitrogens is 2. The van der Waals surface area contributed by atoms with Gasteiger partial charge in [-0.05, 0) is 37.5 Å². The molecule has 10 nitrogen and oxygen atoms in total. The van der Waals surface area contributed by atoms with Gasteiger partial charge in [0.1, 0.15) is 5.54 Å². The highest BCUT2D eigenvalue weighted by molar-refractivity contribution is 7.89. The van der Waals surface area contributed by atoms with Gasteiger partial charge in [0.25, 0.3) is 0 Å². The maximum atomic E-state index is 12.6. The van der Waals surface area contributed by atoms with Crippen LogP contribution in [0.3, 0.4) is 0 Å². The molecule has 1 aromatic heterocycles. The number of amides is 2. The van der Waals surface area contributed by atoms with E-state index in [1.165, 1.54) is 33.2 Å². The van der Waals surface area contributed by atoms with Crippen LogP contribution in [-0.2, 0) is 31.6 Å². The number of carbonyl (C=O) groups is 2. The third-order valence-corrected chi connectivity index (χ3v) is 7.91. The highest BCUT2D eigenvalue weighted by Gasteiger charge is 2.38. The van der Waals surface area contributed by atoms with Crippen molar-refractivity contribution >= 4 is 27.5 Å². The van der Waals surface area contributed by atoms with Crippen molar-refractivity contribution in [2.24, 2.45) is 0 Å². The number of anilines is 1. The number of hydrogen-bond acceptors (Lipinski definition) is 7. The molecule has 34 heavy (non-hydrogen) atoms. The number of benzene rings is 1. The van der Waals surface area contributed by atoms with E-state index in [4.69, 9.17) is 4.52 Å². The molecular weight excluding hydrogens is 458 g/mol. The third kappa shape index (κ3) is 6.01. The predicted octanol–water partition coefficient (Wildman–Crippen LogP) is 2.89. The smallest absolute Gasteiger partial charge is 0.242 e. The largest absolute Gasteiger partial charge is 0.343 e. The Morgan fingerprint density at radius 2 is 1.82 bits per heavy atom. The summed E-state index contributed by atoms with van der Waals surface area (Å²) >= 11 is 0. The van der Waals surface area contributed by atoms with Crippen LogP contribution in [0.2, 0.25) is 0 Å². The fraction of sp³-hybridized carbons (Fsp3) is 0.565. The van der Waals surface area contributed by atoms with Crippen LogP contribution in [0.25, 0.3) is 0 Å². The molecule has 0 radical (unpaired) electrons. The van der Waals surface area contributed by atoms with Gasteiger partial charge in [0.05, 0.1) is 4.90 Å². The summed E-state index contributed by atoms with van der Waals surface area (Å²) in [5.41, 5.74) is 0.543. The van der Waals surface area contributed by atoms with Crippen LogP contribution < -0.4 is 10.6 Å². The van der Waals surface area contributed by atoms with Crippen LogP contribution in [0.1, 0.15) is 69.1 Å². The summed E-state index contributed by atoms with van der Waals surface area (Å²) in [5, 5.41) is 9.95. The van der Waals surface area contributed by atoms with Crippen molar-refractivity contribution < 1.29 is 22.5 Å². The maximum absolute atomic E-state index is 12.6. The van der Waals surface area contributed by atoms with Gasteiger partial charge in [0.2, 0.25) is 27.7 Å². The molecule has 0 saturated heterocycles. The lowest BCUT2D eigenvalue weighted by atomic mass is 9.89. The van der Waals surface area contributed by atoms with E-state index in [2.05, 4.69) is 20.8 Å². The Kier molecular flexibility index (Phi) is 8.09. The molecule has 0 unspecified atom stereocenters. The Hall–Kier alpha value is -2.79. The van der Waals surface area contributed by atoms with E-state index in [1.54, 1.807) is 13.0 Å². The molecule has 1 aromatic carbocycles. The Morgan fingerprint density at radius 3 is 2.44 bits per heavy atom. The zero-order chi connectivity index (χ0) is 24.9. The summed E-state index contributed by atoms with van der Waals surface area (Å²) in [7, 11) is -0.702. The second-order valence-electron chi connectivity index (χ2n) is 9.00.